The van der Waals surface area contributed by atoms with Crippen molar-refractivity contribution >= 4 is 33.1 Å². The fraction of sp³-hybridized carbons (Fsp3) is 0.353. The van der Waals surface area contributed by atoms with Crippen molar-refractivity contribution in [3.8, 4) is 0 Å². The molecule has 0 radical (unpaired) electrons. The van der Waals surface area contributed by atoms with Crippen molar-refractivity contribution in [1.82, 2.24) is 4.90 Å². The van der Waals surface area contributed by atoms with Crippen LogP contribution in [-0.4, -0.2) is 38.6 Å². The van der Waals surface area contributed by atoms with E-state index in [4.69, 9.17) is 9.88 Å². The Bertz CT molecular complexity index is 829. The van der Waals surface area contributed by atoms with E-state index in [0.29, 0.717) is 18.8 Å². The Hall–Kier alpha value is -1.94. The molecule has 7 nitrogen and oxygen atoms in total. The van der Waals surface area contributed by atoms with E-state index < -0.39 is 10.0 Å². The number of anilines is 1. The first-order chi connectivity index (χ1) is 12.4. The van der Waals surface area contributed by atoms with Gasteiger partial charge in [-0.15, -0.1) is 11.3 Å². The number of nitrogens with zero attached hydrogens (tertiary/aromatic N) is 1. The van der Waals surface area contributed by atoms with Crippen LogP contribution in [-0.2, 0) is 21.3 Å². The first kappa shape index (κ1) is 18.8. The second-order valence-corrected chi connectivity index (χ2v) is 8.69. The first-order valence-corrected chi connectivity index (χ1v) is 10.7. The summed E-state index contributed by atoms with van der Waals surface area (Å²) in [6.45, 7) is 1.74. The van der Waals surface area contributed by atoms with E-state index in [1.807, 2.05) is 17.5 Å². The normalized spacial score (nSPS) is 17.2. The van der Waals surface area contributed by atoms with Gasteiger partial charge >= 0.3 is 6.03 Å². The highest BCUT2D eigenvalue weighted by atomic mass is 32.2. The number of nitrogens with one attached hydrogen (secondary N) is 1. The number of benzene rings is 1. The van der Waals surface area contributed by atoms with Gasteiger partial charge in [0.2, 0.25) is 10.0 Å². The van der Waals surface area contributed by atoms with E-state index in [1.165, 1.54) is 24.3 Å². The minimum absolute atomic E-state index is 0.00490. The highest BCUT2D eigenvalue weighted by Crippen LogP contribution is 2.19. The molecule has 1 unspecified atom stereocenters. The van der Waals surface area contributed by atoms with Gasteiger partial charge in [-0.3, -0.25) is 0 Å². The van der Waals surface area contributed by atoms with Gasteiger partial charge in [0.05, 0.1) is 17.5 Å². The van der Waals surface area contributed by atoms with Crippen molar-refractivity contribution in [2.45, 2.75) is 30.4 Å². The fourth-order valence-corrected chi connectivity index (χ4v) is 4.01. The van der Waals surface area contributed by atoms with Gasteiger partial charge < -0.3 is 15.0 Å². The van der Waals surface area contributed by atoms with Gasteiger partial charge in [-0.2, -0.15) is 0 Å². The van der Waals surface area contributed by atoms with E-state index in [1.54, 1.807) is 16.2 Å². The Labute approximate surface area is 156 Å². The molecule has 3 rings (SSSR count). The maximum Gasteiger partial charge on any atom is 0.322 e. The number of hydrogen-bond donors (Lipinski definition) is 2. The zero-order valence-corrected chi connectivity index (χ0v) is 15.8. The summed E-state index contributed by atoms with van der Waals surface area (Å²) in [5.74, 6) is 0. The summed E-state index contributed by atoms with van der Waals surface area (Å²) in [4.78, 5) is 15.5. The number of amides is 2. The monoisotopic (exact) mass is 395 g/mol. The summed E-state index contributed by atoms with van der Waals surface area (Å²) >= 11 is 1.59. The molecule has 9 heteroatoms. The van der Waals surface area contributed by atoms with Crippen LogP contribution in [0.25, 0.3) is 0 Å². The van der Waals surface area contributed by atoms with Crippen molar-refractivity contribution in [2.75, 3.05) is 18.5 Å². The van der Waals surface area contributed by atoms with Crippen LogP contribution in [0.5, 0.6) is 0 Å². The number of carbonyl (C=O) groups is 1. The van der Waals surface area contributed by atoms with Crippen LogP contribution in [0.4, 0.5) is 10.5 Å². The number of rotatable bonds is 6. The fourth-order valence-electron chi connectivity index (χ4n) is 2.77. The van der Waals surface area contributed by atoms with Gasteiger partial charge in [-0.1, -0.05) is 6.07 Å². The van der Waals surface area contributed by atoms with Gasteiger partial charge in [-0.25, -0.2) is 18.4 Å². The molecule has 1 atom stereocenters. The summed E-state index contributed by atoms with van der Waals surface area (Å²) in [5, 5.41) is 9.87. The Kier molecular flexibility index (Phi) is 5.92. The van der Waals surface area contributed by atoms with Crippen LogP contribution in [0.1, 0.15) is 17.7 Å². The van der Waals surface area contributed by atoms with Crippen LogP contribution in [0.3, 0.4) is 0 Å². The number of hydrogen-bond acceptors (Lipinski definition) is 5. The SMILES string of the molecule is NS(=O)(=O)c1ccc(NC(=O)N(Cc2cccs2)CC2CCCO2)cc1. The number of primary sulfonamides is 1. The maximum atomic E-state index is 12.7. The molecule has 140 valence electrons. The third-order valence-corrected chi connectivity index (χ3v) is 5.89. The molecule has 3 N–H and O–H groups in total. The van der Waals surface area contributed by atoms with E-state index in [9.17, 15) is 13.2 Å². The third-order valence-electron chi connectivity index (χ3n) is 4.10. The molecule has 2 amide bonds. The lowest BCUT2D eigenvalue weighted by molar-refractivity contribution is 0.0821. The molecule has 1 aromatic carbocycles. The largest absolute Gasteiger partial charge is 0.376 e. The van der Waals surface area contributed by atoms with Gasteiger partial charge in [-0.05, 0) is 48.6 Å². The number of nitrogens with two attached hydrogens (primary N) is 1. The van der Waals surface area contributed by atoms with Gasteiger partial charge in [0.15, 0.2) is 0 Å². The maximum absolute atomic E-state index is 12.7. The summed E-state index contributed by atoms with van der Waals surface area (Å²) < 4.78 is 28.3. The molecule has 1 saturated heterocycles. The molecular weight excluding hydrogens is 374 g/mol. The molecule has 0 bridgehead atoms. The lowest BCUT2D eigenvalue weighted by Crippen LogP contribution is -2.39. The van der Waals surface area contributed by atoms with Gasteiger partial charge in [0.1, 0.15) is 0 Å². The van der Waals surface area contributed by atoms with E-state index >= 15 is 0 Å². The summed E-state index contributed by atoms with van der Waals surface area (Å²) in [6, 6.07) is 9.47. The number of ether oxygens (including phenoxy) is 1. The van der Waals surface area contributed by atoms with Crippen LogP contribution in [0.15, 0.2) is 46.7 Å². The predicted molar refractivity (Wildman–Crippen MR) is 101 cm³/mol. The minimum atomic E-state index is -3.75. The Morgan fingerprint density at radius 3 is 2.65 bits per heavy atom. The summed E-state index contributed by atoms with van der Waals surface area (Å²) in [6.07, 6.45) is 2.00. The van der Waals surface area contributed by atoms with Crippen molar-refractivity contribution in [2.24, 2.45) is 5.14 Å². The molecule has 1 aromatic heterocycles. The van der Waals surface area contributed by atoms with Gasteiger partial charge in [0.25, 0.3) is 0 Å². The van der Waals surface area contributed by atoms with E-state index in [0.717, 1.165) is 24.3 Å². The Balaban J connectivity index is 1.69. The quantitative estimate of drug-likeness (QED) is 0.785. The average molecular weight is 396 g/mol. The van der Waals surface area contributed by atoms with Crippen LogP contribution in [0, 0.1) is 0 Å². The van der Waals surface area contributed by atoms with Crippen molar-refractivity contribution in [3.05, 3.63) is 46.7 Å². The van der Waals surface area contributed by atoms with Gasteiger partial charge in [0, 0.05) is 23.7 Å². The second-order valence-electron chi connectivity index (χ2n) is 6.09. The molecule has 1 aliphatic rings. The average Bonchev–Trinajstić information content (AvgIpc) is 3.28. The molecule has 1 fully saturated rings. The molecule has 0 spiro atoms. The zero-order chi connectivity index (χ0) is 18.6. The number of urea groups is 1. The minimum Gasteiger partial charge on any atom is -0.376 e. The van der Waals surface area contributed by atoms with Crippen molar-refractivity contribution in [3.63, 3.8) is 0 Å². The Morgan fingerprint density at radius 1 is 1.31 bits per heavy atom. The predicted octanol–water partition coefficient (Wildman–Crippen LogP) is 2.61. The van der Waals surface area contributed by atoms with Crippen molar-refractivity contribution in [1.29, 1.82) is 0 Å². The molecule has 2 heterocycles. The molecule has 0 aliphatic carbocycles. The summed E-state index contributed by atoms with van der Waals surface area (Å²) in [7, 11) is -3.75. The number of thiophene rings is 1. The molecular formula is C17H21N3O4S2. The smallest absolute Gasteiger partial charge is 0.322 e. The first-order valence-electron chi connectivity index (χ1n) is 8.24. The number of sulfonamides is 1. The second kappa shape index (κ2) is 8.17. The standard InChI is InChI=1S/C17H21N3O4S2/c18-26(22,23)16-7-5-13(6-8-16)19-17(21)20(11-14-3-1-9-24-14)12-15-4-2-10-25-15/h2,4-8,10,14H,1,3,9,11-12H2,(H,19,21)(H2,18,22,23). The topological polar surface area (TPSA) is 102 Å². The lowest BCUT2D eigenvalue weighted by atomic mass is 10.2. The van der Waals surface area contributed by atoms with Crippen LogP contribution >= 0.6 is 11.3 Å². The lowest BCUT2D eigenvalue weighted by Gasteiger charge is -2.25. The summed E-state index contributed by atoms with van der Waals surface area (Å²) in [5.41, 5.74) is 0.505. The molecule has 0 saturated carbocycles. The van der Waals surface area contributed by atoms with E-state index in [-0.39, 0.29) is 17.0 Å². The van der Waals surface area contributed by atoms with E-state index in [2.05, 4.69) is 5.32 Å². The van der Waals surface area contributed by atoms with Crippen LogP contribution in [0.2, 0.25) is 0 Å². The van der Waals surface area contributed by atoms with Crippen molar-refractivity contribution < 1.29 is 17.9 Å². The van der Waals surface area contributed by atoms with Crippen LogP contribution < -0.4 is 10.5 Å². The third kappa shape index (κ3) is 5.04. The molecule has 2 aromatic rings. The Morgan fingerprint density at radius 2 is 2.08 bits per heavy atom. The highest BCUT2D eigenvalue weighted by molar-refractivity contribution is 7.89. The molecule has 1 aliphatic heterocycles. The highest BCUT2D eigenvalue weighted by Gasteiger charge is 2.23. The zero-order valence-electron chi connectivity index (χ0n) is 14.1. The molecule has 26 heavy (non-hydrogen) atoms. The number of carbonyl (C=O) groups excluding carboxylic acids is 1.